The lowest BCUT2D eigenvalue weighted by Gasteiger charge is -2.00. The molecule has 1 N–H and O–H groups in total. The van der Waals surface area contributed by atoms with E-state index < -0.39 is 0 Å². The number of rotatable bonds is 2. The molecule has 21 heavy (non-hydrogen) atoms. The van der Waals surface area contributed by atoms with Gasteiger partial charge in [0.1, 0.15) is 5.69 Å². The van der Waals surface area contributed by atoms with Gasteiger partial charge in [-0.2, -0.15) is 4.98 Å². The molecule has 0 atom stereocenters. The van der Waals surface area contributed by atoms with Crippen molar-refractivity contribution in [3.8, 4) is 23.0 Å². The molecule has 104 valence electrons. The predicted octanol–water partition coefficient (Wildman–Crippen LogP) is 3.42. The van der Waals surface area contributed by atoms with Gasteiger partial charge in [0, 0.05) is 24.0 Å². The third kappa shape index (κ3) is 2.15. The number of pyridine rings is 1. The first-order valence-electron chi connectivity index (χ1n) is 6.63. The van der Waals surface area contributed by atoms with Crippen LogP contribution in [0.25, 0.3) is 23.0 Å². The molecule has 3 aromatic rings. The number of benzene rings is 1. The third-order valence-corrected chi connectivity index (χ3v) is 3.77. The maximum atomic E-state index is 6.10. The van der Waals surface area contributed by atoms with E-state index in [2.05, 4.69) is 26.5 Å². The minimum Gasteiger partial charge on any atom is -0.384 e. The van der Waals surface area contributed by atoms with Crippen LogP contribution in [0.2, 0.25) is 5.02 Å². The van der Waals surface area contributed by atoms with Crippen molar-refractivity contribution >= 4 is 17.3 Å². The summed E-state index contributed by atoms with van der Waals surface area (Å²) < 4.78 is 5.33. The lowest BCUT2D eigenvalue weighted by molar-refractivity contribution is 0.432. The SMILES string of the molecule is Clc1cccnc1-c1noc(-c2ccc3c(c2)NCC3)n1. The Kier molecular flexibility index (Phi) is 2.86. The Morgan fingerprint density at radius 3 is 3.10 bits per heavy atom. The van der Waals surface area contributed by atoms with Crippen LogP contribution in [-0.2, 0) is 6.42 Å². The van der Waals surface area contributed by atoms with E-state index >= 15 is 0 Å². The monoisotopic (exact) mass is 298 g/mol. The summed E-state index contributed by atoms with van der Waals surface area (Å²) in [5.41, 5.74) is 3.84. The maximum absolute atomic E-state index is 6.10. The summed E-state index contributed by atoms with van der Waals surface area (Å²) in [7, 11) is 0. The van der Waals surface area contributed by atoms with Gasteiger partial charge >= 0.3 is 0 Å². The number of hydrogen-bond acceptors (Lipinski definition) is 5. The minimum atomic E-state index is 0.393. The summed E-state index contributed by atoms with van der Waals surface area (Å²) in [6, 6.07) is 9.61. The van der Waals surface area contributed by atoms with Crippen LogP contribution in [0.1, 0.15) is 5.56 Å². The lowest BCUT2D eigenvalue weighted by atomic mass is 10.1. The molecule has 1 aromatic carbocycles. The zero-order valence-corrected chi connectivity index (χ0v) is 11.8. The highest BCUT2D eigenvalue weighted by atomic mass is 35.5. The van der Waals surface area contributed by atoms with E-state index in [1.807, 2.05) is 12.1 Å². The molecule has 2 aromatic heterocycles. The van der Waals surface area contributed by atoms with Crippen LogP contribution < -0.4 is 5.32 Å². The molecule has 0 bridgehead atoms. The van der Waals surface area contributed by atoms with Gasteiger partial charge in [0.2, 0.25) is 5.82 Å². The van der Waals surface area contributed by atoms with Crippen molar-refractivity contribution in [2.24, 2.45) is 0 Å². The molecule has 0 unspecified atom stereocenters. The maximum Gasteiger partial charge on any atom is 0.258 e. The quantitative estimate of drug-likeness (QED) is 0.785. The number of nitrogens with one attached hydrogen (secondary N) is 1. The van der Waals surface area contributed by atoms with Crippen molar-refractivity contribution in [1.29, 1.82) is 0 Å². The fourth-order valence-corrected chi connectivity index (χ4v) is 2.62. The van der Waals surface area contributed by atoms with E-state index in [-0.39, 0.29) is 0 Å². The fraction of sp³-hybridized carbons (Fsp3) is 0.133. The first-order chi connectivity index (χ1) is 10.3. The van der Waals surface area contributed by atoms with Crippen molar-refractivity contribution in [3.05, 3.63) is 47.1 Å². The molecule has 0 saturated heterocycles. The molecule has 4 rings (SSSR count). The van der Waals surface area contributed by atoms with Gasteiger partial charge in [0.15, 0.2) is 0 Å². The molecule has 5 nitrogen and oxygen atoms in total. The Balaban J connectivity index is 1.73. The van der Waals surface area contributed by atoms with Crippen LogP contribution in [-0.4, -0.2) is 21.7 Å². The fourth-order valence-electron chi connectivity index (χ4n) is 2.41. The largest absolute Gasteiger partial charge is 0.384 e. The van der Waals surface area contributed by atoms with Crippen LogP contribution >= 0.6 is 11.6 Å². The number of halogens is 1. The molecule has 0 aliphatic carbocycles. The number of anilines is 1. The number of hydrogen-bond donors (Lipinski definition) is 1. The molecule has 6 heteroatoms. The van der Waals surface area contributed by atoms with E-state index in [4.69, 9.17) is 16.1 Å². The highest BCUT2D eigenvalue weighted by Gasteiger charge is 2.16. The summed E-state index contributed by atoms with van der Waals surface area (Å²) in [4.78, 5) is 8.57. The van der Waals surface area contributed by atoms with E-state index in [1.54, 1.807) is 18.3 Å². The van der Waals surface area contributed by atoms with Gasteiger partial charge < -0.3 is 9.84 Å². The second kappa shape index (κ2) is 4.86. The number of aromatic nitrogens is 3. The smallest absolute Gasteiger partial charge is 0.258 e. The van der Waals surface area contributed by atoms with Gasteiger partial charge in [-0.3, -0.25) is 4.98 Å². The molecule has 0 saturated carbocycles. The van der Waals surface area contributed by atoms with Crippen molar-refractivity contribution in [3.63, 3.8) is 0 Å². The van der Waals surface area contributed by atoms with E-state index in [9.17, 15) is 0 Å². The van der Waals surface area contributed by atoms with Gasteiger partial charge in [0.05, 0.1) is 5.02 Å². The Labute approximate surface area is 126 Å². The van der Waals surface area contributed by atoms with Crippen molar-refractivity contribution in [2.75, 3.05) is 11.9 Å². The second-order valence-electron chi connectivity index (χ2n) is 4.81. The van der Waals surface area contributed by atoms with Crippen molar-refractivity contribution in [1.82, 2.24) is 15.1 Å². The van der Waals surface area contributed by atoms with Crippen molar-refractivity contribution in [2.45, 2.75) is 6.42 Å². The van der Waals surface area contributed by atoms with Gasteiger partial charge in [-0.25, -0.2) is 0 Å². The molecule has 0 spiro atoms. The van der Waals surface area contributed by atoms with Crippen molar-refractivity contribution < 1.29 is 4.52 Å². The first kappa shape index (κ1) is 12.3. The molecule has 1 aliphatic heterocycles. The Bertz CT molecular complexity index is 815. The Morgan fingerprint density at radius 1 is 1.24 bits per heavy atom. The van der Waals surface area contributed by atoms with E-state index in [0.29, 0.717) is 22.4 Å². The summed E-state index contributed by atoms with van der Waals surface area (Å²) in [5, 5.41) is 7.80. The number of nitrogens with zero attached hydrogens (tertiary/aromatic N) is 3. The molecular weight excluding hydrogens is 288 g/mol. The van der Waals surface area contributed by atoms with Crippen LogP contribution in [0, 0.1) is 0 Å². The van der Waals surface area contributed by atoms with E-state index in [0.717, 1.165) is 24.2 Å². The summed E-state index contributed by atoms with van der Waals surface area (Å²) in [6.45, 7) is 0.970. The lowest BCUT2D eigenvalue weighted by Crippen LogP contribution is -1.91. The highest BCUT2D eigenvalue weighted by Crippen LogP contribution is 2.30. The zero-order valence-electron chi connectivity index (χ0n) is 11.0. The number of fused-ring (bicyclic) bond motifs is 1. The normalized spacial score (nSPS) is 13.0. The predicted molar refractivity (Wildman–Crippen MR) is 80.2 cm³/mol. The van der Waals surface area contributed by atoms with Crippen LogP contribution in [0.5, 0.6) is 0 Å². The zero-order chi connectivity index (χ0) is 14.2. The third-order valence-electron chi connectivity index (χ3n) is 3.46. The van der Waals surface area contributed by atoms with Gasteiger partial charge in [0.25, 0.3) is 5.89 Å². The van der Waals surface area contributed by atoms with Crippen LogP contribution in [0.4, 0.5) is 5.69 Å². The van der Waals surface area contributed by atoms with E-state index in [1.165, 1.54) is 5.56 Å². The second-order valence-corrected chi connectivity index (χ2v) is 5.21. The molecule has 1 aliphatic rings. The topological polar surface area (TPSA) is 63.8 Å². The average molecular weight is 299 g/mol. The van der Waals surface area contributed by atoms with Gasteiger partial charge in [-0.15, -0.1) is 0 Å². The Hall–Kier alpha value is -2.40. The Morgan fingerprint density at radius 2 is 2.19 bits per heavy atom. The van der Waals surface area contributed by atoms with Crippen LogP contribution in [0.15, 0.2) is 41.1 Å². The molecular formula is C15H11ClN4O. The van der Waals surface area contributed by atoms with Gasteiger partial charge in [-0.1, -0.05) is 22.8 Å². The summed E-state index contributed by atoms with van der Waals surface area (Å²) in [5.74, 6) is 0.854. The molecule has 3 heterocycles. The summed E-state index contributed by atoms with van der Waals surface area (Å²) >= 11 is 6.10. The average Bonchev–Trinajstić information content (AvgIpc) is 3.16. The van der Waals surface area contributed by atoms with Gasteiger partial charge in [-0.05, 0) is 36.2 Å². The first-order valence-corrected chi connectivity index (χ1v) is 7.01. The molecule has 0 radical (unpaired) electrons. The summed E-state index contributed by atoms with van der Waals surface area (Å²) in [6.07, 6.45) is 2.70. The molecule has 0 fully saturated rings. The van der Waals surface area contributed by atoms with Crippen LogP contribution in [0.3, 0.4) is 0 Å². The standard InChI is InChI=1S/C15H11ClN4O/c16-11-2-1-6-18-13(11)14-19-15(21-20-14)10-4-3-9-5-7-17-12(9)8-10/h1-4,6,8,17H,5,7H2. The molecule has 0 amide bonds. The highest BCUT2D eigenvalue weighted by molar-refractivity contribution is 6.32. The minimum absolute atomic E-state index is 0.393.